The maximum Gasteiger partial charge on any atom is 0.573 e. The van der Waals surface area contributed by atoms with Crippen molar-refractivity contribution in [2.45, 2.75) is 25.5 Å². The molecule has 2 aromatic carbocycles. The monoisotopic (exact) mass is 426 g/mol. The van der Waals surface area contributed by atoms with Crippen LogP contribution in [0.25, 0.3) is 0 Å². The lowest BCUT2D eigenvalue weighted by Gasteiger charge is -2.12. The fourth-order valence-electron chi connectivity index (χ4n) is 2.08. The van der Waals surface area contributed by atoms with E-state index >= 15 is 0 Å². The van der Waals surface area contributed by atoms with Gasteiger partial charge < -0.3 is 10.1 Å². The second kappa shape index (κ2) is 10.7. The van der Waals surface area contributed by atoms with Gasteiger partial charge in [0.25, 0.3) is 5.91 Å². The Hall–Kier alpha value is -2.81. The zero-order valence-electron chi connectivity index (χ0n) is 15.4. The average Bonchev–Trinajstić information content (AvgIpc) is 2.68. The van der Waals surface area contributed by atoms with Gasteiger partial charge in [0, 0.05) is 11.4 Å². The third-order valence-electron chi connectivity index (χ3n) is 3.43. The number of benzene rings is 2. The molecule has 0 aliphatic carbocycles. The lowest BCUT2D eigenvalue weighted by atomic mass is 10.2. The first-order chi connectivity index (χ1) is 13.8. The summed E-state index contributed by atoms with van der Waals surface area (Å²) in [5, 5.41) is 2.75. The number of rotatable bonds is 7. The summed E-state index contributed by atoms with van der Waals surface area (Å²) >= 11 is 1.35. The molecule has 0 atom stereocenters. The van der Waals surface area contributed by atoms with Crippen molar-refractivity contribution >= 4 is 28.4 Å². The molecule has 0 spiro atoms. The van der Waals surface area contributed by atoms with Crippen molar-refractivity contribution in [1.29, 1.82) is 0 Å². The highest BCUT2D eigenvalue weighted by atomic mass is 32.2. The Bertz CT molecular complexity index is 866. The van der Waals surface area contributed by atoms with E-state index in [0.717, 1.165) is 23.9 Å². The summed E-state index contributed by atoms with van der Waals surface area (Å²) in [5.74, 6) is -2.13. The number of aliphatic imine (C=N–C) groups is 1. The molecule has 29 heavy (non-hydrogen) atoms. The van der Waals surface area contributed by atoms with E-state index in [1.54, 1.807) is 6.92 Å². The summed E-state index contributed by atoms with van der Waals surface area (Å²) in [6.45, 7) is 1.80. The molecule has 0 unspecified atom stereocenters. The first kappa shape index (κ1) is 22.5. The van der Waals surface area contributed by atoms with Crippen molar-refractivity contribution in [3.63, 3.8) is 0 Å². The van der Waals surface area contributed by atoms with E-state index in [1.807, 2.05) is 30.3 Å². The predicted molar refractivity (Wildman–Crippen MR) is 106 cm³/mol. The van der Waals surface area contributed by atoms with Gasteiger partial charge in [-0.15, -0.1) is 24.9 Å². The average molecular weight is 426 g/mol. The molecule has 2 rings (SSSR count). The van der Waals surface area contributed by atoms with Crippen LogP contribution in [0.3, 0.4) is 0 Å². The first-order valence-electron chi connectivity index (χ1n) is 8.53. The number of ether oxygens (including phenoxy) is 1. The Morgan fingerprint density at radius 1 is 1.14 bits per heavy atom. The van der Waals surface area contributed by atoms with E-state index in [4.69, 9.17) is 0 Å². The summed E-state index contributed by atoms with van der Waals surface area (Å²) in [6, 6.07) is 14.1. The van der Waals surface area contributed by atoms with Gasteiger partial charge in [0.15, 0.2) is 0 Å². The number of thioether (sulfide) groups is 1. The van der Waals surface area contributed by atoms with Crippen molar-refractivity contribution in [3.8, 4) is 0 Å². The number of carbonyl (C=O) groups is 1. The van der Waals surface area contributed by atoms with E-state index in [1.165, 1.54) is 23.9 Å². The Morgan fingerprint density at radius 2 is 1.79 bits per heavy atom. The Morgan fingerprint density at radius 3 is 2.38 bits per heavy atom. The highest BCUT2D eigenvalue weighted by molar-refractivity contribution is 8.13. The number of carbonyl (C=O) groups excluding carboxylic acids is 1. The number of nitrogens with one attached hydrogen (secondary N) is 1. The number of halogens is 4. The Balaban J connectivity index is 2.15. The van der Waals surface area contributed by atoms with E-state index in [0.29, 0.717) is 17.2 Å². The Labute approximate surface area is 169 Å². The largest absolute Gasteiger partial charge is 0.573 e. The van der Waals surface area contributed by atoms with Gasteiger partial charge in [-0.25, -0.2) is 4.39 Å². The predicted octanol–water partition coefficient (Wildman–Crippen LogP) is 5.88. The lowest BCUT2D eigenvalue weighted by Crippen LogP contribution is -2.22. The molecule has 0 aromatic heterocycles. The molecule has 0 saturated heterocycles. The standard InChI is InChI=1S/C20H18F4N2O2S/c1-2-18(29-13-14-6-4-3-5-7-14)25-12-17(28-20(22,23)24)19(27)26-16-10-8-15(21)9-11-16/h3-12H,2,13H2,1H3,(H,26,27)/b17-12-,25-18?. The third kappa shape index (κ3) is 8.39. The van der Waals surface area contributed by atoms with Gasteiger partial charge in [0.05, 0.1) is 11.2 Å². The topological polar surface area (TPSA) is 50.7 Å². The molecule has 9 heteroatoms. The zero-order valence-corrected chi connectivity index (χ0v) is 16.2. The van der Waals surface area contributed by atoms with E-state index in [-0.39, 0.29) is 5.69 Å². The minimum atomic E-state index is -5.06. The van der Waals surface area contributed by atoms with Gasteiger partial charge in [-0.05, 0) is 36.2 Å². The molecule has 0 saturated carbocycles. The molecule has 4 nitrogen and oxygen atoms in total. The quantitative estimate of drug-likeness (QED) is 0.198. The molecular formula is C20H18F4N2O2S. The summed E-state index contributed by atoms with van der Waals surface area (Å²) in [6.07, 6.45) is -3.86. The third-order valence-corrected chi connectivity index (χ3v) is 4.63. The van der Waals surface area contributed by atoms with Gasteiger partial charge in [-0.3, -0.25) is 9.79 Å². The minimum Gasteiger partial charge on any atom is -0.398 e. The van der Waals surface area contributed by atoms with Gasteiger partial charge in [-0.2, -0.15) is 0 Å². The van der Waals surface area contributed by atoms with Gasteiger partial charge in [0.2, 0.25) is 5.76 Å². The molecule has 0 radical (unpaired) electrons. The van der Waals surface area contributed by atoms with Gasteiger partial charge >= 0.3 is 6.36 Å². The minimum absolute atomic E-state index is 0.117. The van der Waals surface area contributed by atoms with Crippen LogP contribution in [0.2, 0.25) is 0 Å². The first-order valence-corrected chi connectivity index (χ1v) is 9.51. The van der Waals surface area contributed by atoms with Crippen LogP contribution in [0.1, 0.15) is 18.9 Å². The molecule has 0 aliphatic rings. The molecule has 1 amide bonds. The lowest BCUT2D eigenvalue weighted by molar-refractivity contribution is -0.304. The van der Waals surface area contributed by atoms with Crippen LogP contribution in [0.5, 0.6) is 0 Å². The van der Waals surface area contributed by atoms with Crippen LogP contribution in [0.4, 0.5) is 23.2 Å². The summed E-state index contributed by atoms with van der Waals surface area (Å²) in [4.78, 5) is 16.2. The van der Waals surface area contributed by atoms with Crippen molar-refractivity contribution in [3.05, 3.63) is 77.9 Å². The van der Waals surface area contributed by atoms with Crippen LogP contribution in [-0.4, -0.2) is 17.3 Å². The van der Waals surface area contributed by atoms with Crippen LogP contribution < -0.4 is 5.32 Å². The molecule has 0 heterocycles. The molecule has 0 bridgehead atoms. The summed E-state index contributed by atoms with van der Waals surface area (Å²) < 4.78 is 54.8. The van der Waals surface area contributed by atoms with Gasteiger partial charge in [-0.1, -0.05) is 37.3 Å². The number of anilines is 1. The van der Waals surface area contributed by atoms with Crippen molar-refractivity contribution in [2.24, 2.45) is 4.99 Å². The zero-order chi connectivity index (χ0) is 21.3. The fourth-order valence-corrected chi connectivity index (χ4v) is 2.94. The van der Waals surface area contributed by atoms with Crippen LogP contribution in [-0.2, 0) is 15.3 Å². The van der Waals surface area contributed by atoms with Crippen molar-refractivity contribution in [1.82, 2.24) is 0 Å². The normalized spacial score (nSPS) is 12.6. The molecule has 0 fully saturated rings. The summed E-state index contributed by atoms with van der Waals surface area (Å²) in [5.41, 5.74) is 1.15. The number of hydrogen-bond acceptors (Lipinski definition) is 4. The number of nitrogens with zero attached hydrogens (tertiary/aromatic N) is 1. The second-order valence-electron chi connectivity index (χ2n) is 5.65. The summed E-state index contributed by atoms with van der Waals surface area (Å²) in [7, 11) is 0. The number of amides is 1. The molecular weight excluding hydrogens is 408 g/mol. The number of alkyl halides is 3. The van der Waals surface area contributed by atoms with E-state index in [9.17, 15) is 22.4 Å². The molecule has 1 N–H and O–H groups in total. The van der Waals surface area contributed by atoms with Gasteiger partial charge in [0.1, 0.15) is 5.82 Å². The highest BCUT2D eigenvalue weighted by Gasteiger charge is 2.34. The smallest absolute Gasteiger partial charge is 0.398 e. The molecule has 0 aliphatic heterocycles. The van der Waals surface area contributed by atoms with E-state index in [2.05, 4.69) is 15.0 Å². The van der Waals surface area contributed by atoms with Crippen LogP contribution in [0, 0.1) is 5.82 Å². The molecule has 2 aromatic rings. The van der Waals surface area contributed by atoms with Crippen molar-refractivity contribution < 1.29 is 27.1 Å². The maximum absolute atomic E-state index is 12.9. The molecule has 154 valence electrons. The van der Waals surface area contributed by atoms with Crippen LogP contribution >= 0.6 is 11.8 Å². The maximum atomic E-state index is 12.9. The Kier molecular flexibility index (Phi) is 8.26. The van der Waals surface area contributed by atoms with Crippen LogP contribution in [0.15, 0.2) is 71.5 Å². The fraction of sp³-hybridized carbons (Fsp3) is 0.200. The van der Waals surface area contributed by atoms with Crippen molar-refractivity contribution in [2.75, 3.05) is 5.32 Å². The van der Waals surface area contributed by atoms with E-state index < -0.39 is 23.8 Å². The SMILES string of the molecule is CCC(=N/C=C(\OC(F)(F)F)C(=O)Nc1ccc(F)cc1)SCc1ccccc1. The second-order valence-corrected chi connectivity index (χ2v) is 6.70. The highest BCUT2D eigenvalue weighted by Crippen LogP contribution is 2.23. The number of hydrogen-bond donors (Lipinski definition) is 1.